The first-order valence-electron chi connectivity index (χ1n) is 6.19. The van der Waals surface area contributed by atoms with E-state index >= 15 is 0 Å². The minimum atomic E-state index is 0.122. The number of nitrogens with one attached hydrogen (secondary N) is 1. The minimum absolute atomic E-state index is 0.122. The molecule has 0 aromatic heterocycles. The highest BCUT2D eigenvalue weighted by Crippen LogP contribution is 2.34. The molecule has 0 aromatic rings. The monoisotopic (exact) mass is 212 g/mol. The van der Waals surface area contributed by atoms with E-state index in [1.165, 1.54) is 19.3 Å². The minimum Gasteiger partial charge on any atom is -0.353 e. The van der Waals surface area contributed by atoms with E-state index in [4.69, 9.17) is 5.73 Å². The van der Waals surface area contributed by atoms with Gasteiger partial charge in [0.05, 0.1) is 0 Å². The second-order valence-corrected chi connectivity index (χ2v) is 4.73. The molecule has 0 saturated heterocycles. The Kier molecular flexibility index (Phi) is 5.09. The Balaban J connectivity index is 2.13. The van der Waals surface area contributed by atoms with Crippen molar-refractivity contribution in [2.24, 2.45) is 17.6 Å². The second kappa shape index (κ2) is 6.11. The first-order chi connectivity index (χ1) is 7.19. The molecule has 3 N–H and O–H groups in total. The highest BCUT2D eigenvalue weighted by Gasteiger charge is 2.37. The molecule has 3 heteroatoms. The van der Waals surface area contributed by atoms with Gasteiger partial charge in [-0.2, -0.15) is 0 Å². The SMILES string of the molecule is CCCC1CC1NC(=O)C(C)CCCN. The van der Waals surface area contributed by atoms with Crippen LogP contribution in [0.4, 0.5) is 0 Å². The van der Waals surface area contributed by atoms with E-state index < -0.39 is 0 Å². The summed E-state index contributed by atoms with van der Waals surface area (Å²) in [7, 11) is 0. The van der Waals surface area contributed by atoms with E-state index in [0.717, 1.165) is 18.8 Å². The van der Waals surface area contributed by atoms with Gasteiger partial charge in [-0.05, 0) is 38.1 Å². The molecule has 0 radical (unpaired) electrons. The molecule has 3 atom stereocenters. The predicted octanol–water partition coefficient (Wildman–Crippen LogP) is 1.67. The fourth-order valence-corrected chi connectivity index (χ4v) is 1.99. The highest BCUT2D eigenvalue weighted by molar-refractivity contribution is 5.78. The van der Waals surface area contributed by atoms with Crippen molar-refractivity contribution in [1.29, 1.82) is 0 Å². The molecule has 0 heterocycles. The van der Waals surface area contributed by atoms with Crippen LogP contribution in [0, 0.1) is 11.8 Å². The molecular formula is C12H24N2O. The van der Waals surface area contributed by atoms with Gasteiger partial charge >= 0.3 is 0 Å². The van der Waals surface area contributed by atoms with Gasteiger partial charge in [0, 0.05) is 12.0 Å². The largest absolute Gasteiger partial charge is 0.353 e. The molecule has 0 bridgehead atoms. The van der Waals surface area contributed by atoms with Crippen LogP contribution in [-0.4, -0.2) is 18.5 Å². The summed E-state index contributed by atoms with van der Waals surface area (Å²) in [4.78, 5) is 11.7. The summed E-state index contributed by atoms with van der Waals surface area (Å²) in [6, 6.07) is 0.470. The van der Waals surface area contributed by atoms with Crippen molar-refractivity contribution in [2.45, 2.75) is 52.0 Å². The molecule has 1 fully saturated rings. The van der Waals surface area contributed by atoms with Crippen molar-refractivity contribution in [2.75, 3.05) is 6.54 Å². The lowest BCUT2D eigenvalue weighted by atomic mass is 10.0. The van der Waals surface area contributed by atoms with Gasteiger partial charge in [0.1, 0.15) is 0 Å². The number of amides is 1. The first-order valence-corrected chi connectivity index (χ1v) is 6.19. The zero-order chi connectivity index (χ0) is 11.3. The van der Waals surface area contributed by atoms with Crippen molar-refractivity contribution in [3.8, 4) is 0 Å². The van der Waals surface area contributed by atoms with Gasteiger partial charge in [0.2, 0.25) is 5.91 Å². The lowest BCUT2D eigenvalue weighted by Gasteiger charge is -2.11. The van der Waals surface area contributed by atoms with Crippen molar-refractivity contribution >= 4 is 5.91 Å². The van der Waals surface area contributed by atoms with Crippen LogP contribution >= 0.6 is 0 Å². The van der Waals surface area contributed by atoms with Crippen LogP contribution in [0.5, 0.6) is 0 Å². The molecule has 0 spiro atoms. The molecule has 88 valence electrons. The predicted molar refractivity (Wildman–Crippen MR) is 62.4 cm³/mol. The molecule has 1 aliphatic rings. The van der Waals surface area contributed by atoms with Crippen molar-refractivity contribution < 1.29 is 4.79 Å². The summed E-state index contributed by atoms with van der Waals surface area (Å²) in [5, 5.41) is 3.12. The van der Waals surface area contributed by atoms with E-state index in [1.54, 1.807) is 0 Å². The van der Waals surface area contributed by atoms with Crippen LogP contribution in [0.2, 0.25) is 0 Å². The van der Waals surface area contributed by atoms with Crippen molar-refractivity contribution in [3.63, 3.8) is 0 Å². The molecule has 15 heavy (non-hydrogen) atoms. The van der Waals surface area contributed by atoms with Gasteiger partial charge < -0.3 is 11.1 Å². The molecule has 1 amide bonds. The Morgan fingerprint density at radius 1 is 1.60 bits per heavy atom. The zero-order valence-electron chi connectivity index (χ0n) is 9.96. The molecule has 1 saturated carbocycles. The van der Waals surface area contributed by atoms with E-state index in [-0.39, 0.29) is 11.8 Å². The van der Waals surface area contributed by atoms with E-state index in [1.807, 2.05) is 6.92 Å². The standard InChI is InChI=1S/C12H24N2O/c1-3-5-10-8-11(10)14-12(15)9(2)6-4-7-13/h9-11H,3-8,13H2,1-2H3,(H,14,15). The number of rotatable bonds is 7. The lowest BCUT2D eigenvalue weighted by Crippen LogP contribution is -2.32. The number of carbonyl (C=O) groups excluding carboxylic acids is 1. The molecular weight excluding hydrogens is 188 g/mol. The van der Waals surface area contributed by atoms with Gasteiger partial charge in [0.15, 0.2) is 0 Å². The van der Waals surface area contributed by atoms with Crippen LogP contribution < -0.4 is 11.1 Å². The van der Waals surface area contributed by atoms with Crippen LogP contribution in [0.25, 0.3) is 0 Å². The summed E-state index contributed by atoms with van der Waals surface area (Å²) < 4.78 is 0. The fraction of sp³-hybridized carbons (Fsp3) is 0.917. The Morgan fingerprint density at radius 3 is 2.93 bits per heavy atom. The van der Waals surface area contributed by atoms with Gasteiger partial charge in [-0.1, -0.05) is 20.3 Å². The van der Waals surface area contributed by atoms with Gasteiger partial charge in [0.25, 0.3) is 0 Å². The third-order valence-corrected chi connectivity index (χ3v) is 3.20. The van der Waals surface area contributed by atoms with Crippen LogP contribution in [-0.2, 0) is 4.79 Å². The summed E-state index contributed by atoms with van der Waals surface area (Å²) in [6.45, 7) is 4.86. The summed E-state index contributed by atoms with van der Waals surface area (Å²) in [5.74, 6) is 1.09. The average molecular weight is 212 g/mol. The van der Waals surface area contributed by atoms with Gasteiger partial charge in [-0.3, -0.25) is 4.79 Å². The van der Waals surface area contributed by atoms with Crippen LogP contribution in [0.3, 0.4) is 0 Å². The Morgan fingerprint density at radius 2 is 2.33 bits per heavy atom. The maximum Gasteiger partial charge on any atom is 0.223 e. The third kappa shape index (κ3) is 4.20. The first kappa shape index (κ1) is 12.5. The zero-order valence-corrected chi connectivity index (χ0v) is 9.96. The number of nitrogens with two attached hydrogens (primary N) is 1. The summed E-state index contributed by atoms with van der Waals surface area (Å²) in [6.07, 6.45) is 5.51. The molecule has 0 aliphatic heterocycles. The van der Waals surface area contributed by atoms with Crippen LogP contribution in [0.15, 0.2) is 0 Å². The highest BCUT2D eigenvalue weighted by atomic mass is 16.1. The maximum atomic E-state index is 11.7. The number of hydrogen-bond donors (Lipinski definition) is 2. The quantitative estimate of drug-likeness (QED) is 0.674. The fourth-order valence-electron chi connectivity index (χ4n) is 1.99. The molecule has 1 aliphatic carbocycles. The van der Waals surface area contributed by atoms with Crippen molar-refractivity contribution in [3.05, 3.63) is 0 Å². The summed E-state index contributed by atoms with van der Waals surface area (Å²) >= 11 is 0. The Labute approximate surface area is 92.8 Å². The van der Waals surface area contributed by atoms with E-state index in [2.05, 4.69) is 12.2 Å². The van der Waals surface area contributed by atoms with E-state index in [9.17, 15) is 4.79 Å². The number of carbonyl (C=O) groups is 1. The Hall–Kier alpha value is -0.570. The molecule has 1 rings (SSSR count). The van der Waals surface area contributed by atoms with E-state index in [0.29, 0.717) is 12.6 Å². The number of hydrogen-bond acceptors (Lipinski definition) is 2. The normalized spacial score (nSPS) is 26.1. The van der Waals surface area contributed by atoms with Gasteiger partial charge in [-0.15, -0.1) is 0 Å². The lowest BCUT2D eigenvalue weighted by molar-refractivity contribution is -0.124. The third-order valence-electron chi connectivity index (χ3n) is 3.20. The maximum absolute atomic E-state index is 11.7. The second-order valence-electron chi connectivity index (χ2n) is 4.73. The molecule has 3 nitrogen and oxygen atoms in total. The molecule has 3 unspecified atom stereocenters. The van der Waals surface area contributed by atoms with Crippen molar-refractivity contribution in [1.82, 2.24) is 5.32 Å². The van der Waals surface area contributed by atoms with Gasteiger partial charge in [-0.25, -0.2) is 0 Å². The van der Waals surface area contributed by atoms with Crippen LogP contribution in [0.1, 0.15) is 46.0 Å². The smallest absolute Gasteiger partial charge is 0.223 e. The summed E-state index contributed by atoms with van der Waals surface area (Å²) in [5.41, 5.74) is 5.42. The average Bonchev–Trinajstić information content (AvgIpc) is 2.93. The molecule has 0 aromatic carbocycles. The topological polar surface area (TPSA) is 55.1 Å². The Bertz CT molecular complexity index is 206.